The molecule has 7 heteroatoms. The number of carbonyl (C=O) groups excluding carboxylic acids is 1. The Hall–Kier alpha value is -3.61. The molecule has 0 aliphatic carbocycles. The Bertz CT molecular complexity index is 964. The molecule has 1 N–H and O–H groups in total. The summed E-state index contributed by atoms with van der Waals surface area (Å²) in [6.45, 7) is 5.55. The van der Waals surface area contributed by atoms with Gasteiger partial charge in [-0.15, -0.1) is 0 Å². The highest BCUT2D eigenvalue weighted by Gasteiger charge is 2.12. The zero-order chi connectivity index (χ0) is 21.2. The minimum Gasteiger partial charge on any atom is -0.490 e. The fourth-order valence-electron chi connectivity index (χ4n) is 2.75. The summed E-state index contributed by atoms with van der Waals surface area (Å²) in [7, 11) is 0. The maximum absolute atomic E-state index is 12.6. The third kappa shape index (κ3) is 5.94. The van der Waals surface area contributed by atoms with Crippen LogP contribution in [0.4, 0.5) is 0 Å². The minimum atomic E-state index is -0.202. The third-order valence-electron chi connectivity index (χ3n) is 4.19. The van der Waals surface area contributed by atoms with E-state index in [-0.39, 0.29) is 5.91 Å². The van der Waals surface area contributed by atoms with Crippen LogP contribution < -0.4 is 19.5 Å². The maximum atomic E-state index is 12.6. The van der Waals surface area contributed by atoms with Gasteiger partial charge in [0.1, 0.15) is 6.61 Å². The number of pyridine rings is 2. The molecule has 0 fully saturated rings. The first kappa shape index (κ1) is 21.1. The Balaban J connectivity index is 1.65. The second kappa shape index (κ2) is 10.8. The molecule has 1 aromatic carbocycles. The van der Waals surface area contributed by atoms with Crippen molar-refractivity contribution >= 4 is 5.91 Å². The Morgan fingerprint density at radius 3 is 2.40 bits per heavy atom. The molecule has 7 nitrogen and oxygen atoms in total. The van der Waals surface area contributed by atoms with Crippen molar-refractivity contribution in [1.29, 1.82) is 0 Å². The number of nitrogens with zero attached hydrogens (tertiary/aromatic N) is 2. The van der Waals surface area contributed by atoms with Crippen LogP contribution in [0.5, 0.6) is 17.4 Å². The number of carbonyl (C=O) groups is 1. The van der Waals surface area contributed by atoms with E-state index in [1.807, 2.05) is 38.1 Å². The second-order valence-corrected chi connectivity index (χ2v) is 6.36. The van der Waals surface area contributed by atoms with Gasteiger partial charge >= 0.3 is 0 Å². The normalized spacial score (nSPS) is 10.3. The highest BCUT2D eigenvalue weighted by atomic mass is 16.5. The summed E-state index contributed by atoms with van der Waals surface area (Å²) in [6, 6.07) is 12.6. The third-order valence-corrected chi connectivity index (χ3v) is 4.19. The van der Waals surface area contributed by atoms with Crippen LogP contribution in [0.1, 0.15) is 35.3 Å². The molecule has 0 aliphatic rings. The molecule has 0 unspecified atom stereocenters. The summed E-state index contributed by atoms with van der Waals surface area (Å²) in [4.78, 5) is 20.7. The Morgan fingerprint density at radius 2 is 1.63 bits per heavy atom. The van der Waals surface area contributed by atoms with Crippen LogP contribution in [-0.4, -0.2) is 29.1 Å². The number of benzene rings is 1. The summed E-state index contributed by atoms with van der Waals surface area (Å²) in [6.07, 6.45) is 5.10. The lowest BCUT2D eigenvalue weighted by Crippen LogP contribution is -2.23. The van der Waals surface area contributed by atoms with Gasteiger partial charge in [0.25, 0.3) is 5.91 Å². The van der Waals surface area contributed by atoms with Crippen molar-refractivity contribution in [3.8, 4) is 17.4 Å². The lowest BCUT2D eigenvalue weighted by Gasteiger charge is -2.14. The highest BCUT2D eigenvalue weighted by molar-refractivity contribution is 5.94. The molecule has 1 amide bonds. The van der Waals surface area contributed by atoms with Gasteiger partial charge in [0.2, 0.25) is 5.88 Å². The molecule has 0 saturated heterocycles. The van der Waals surface area contributed by atoms with Crippen molar-refractivity contribution < 1.29 is 19.0 Å². The summed E-state index contributed by atoms with van der Waals surface area (Å²) in [5.74, 6) is 1.45. The molecule has 0 spiro atoms. The number of rotatable bonds is 10. The predicted octanol–water partition coefficient (Wildman–Crippen LogP) is 3.78. The van der Waals surface area contributed by atoms with Gasteiger partial charge in [0.05, 0.1) is 13.2 Å². The lowest BCUT2D eigenvalue weighted by atomic mass is 10.1. The minimum absolute atomic E-state index is 0.202. The van der Waals surface area contributed by atoms with Crippen LogP contribution in [0, 0.1) is 0 Å². The molecule has 0 radical (unpaired) electrons. The van der Waals surface area contributed by atoms with Gasteiger partial charge in [0.15, 0.2) is 11.5 Å². The van der Waals surface area contributed by atoms with Crippen molar-refractivity contribution in [2.45, 2.75) is 27.0 Å². The van der Waals surface area contributed by atoms with E-state index in [1.165, 1.54) is 0 Å². The summed E-state index contributed by atoms with van der Waals surface area (Å²) >= 11 is 0. The van der Waals surface area contributed by atoms with Crippen molar-refractivity contribution in [2.24, 2.45) is 0 Å². The van der Waals surface area contributed by atoms with E-state index in [0.717, 1.165) is 11.1 Å². The van der Waals surface area contributed by atoms with Gasteiger partial charge in [-0.25, -0.2) is 4.98 Å². The fraction of sp³-hybridized carbons (Fsp3) is 0.261. The quantitative estimate of drug-likeness (QED) is 0.551. The number of amides is 1. The Kier molecular flexibility index (Phi) is 7.60. The summed E-state index contributed by atoms with van der Waals surface area (Å²) < 4.78 is 16.9. The molecular formula is C23H25N3O4. The van der Waals surface area contributed by atoms with E-state index < -0.39 is 0 Å². The molecule has 3 aromatic rings. The molecule has 156 valence electrons. The van der Waals surface area contributed by atoms with E-state index in [9.17, 15) is 4.79 Å². The van der Waals surface area contributed by atoms with Crippen LogP contribution in [-0.2, 0) is 13.2 Å². The summed E-state index contributed by atoms with van der Waals surface area (Å²) in [5, 5.41) is 2.91. The average molecular weight is 407 g/mol. The zero-order valence-corrected chi connectivity index (χ0v) is 17.1. The molecule has 2 aromatic heterocycles. The first-order valence-corrected chi connectivity index (χ1v) is 9.84. The van der Waals surface area contributed by atoms with Gasteiger partial charge in [-0.2, -0.15) is 0 Å². The first-order valence-electron chi connectivity index (χ1n) is 9.84. The fourth-order valence-corrected chi connectivity index (χ4v) is 2.75. The number of ether oxygens (including phenoxy) is 3. The van der Waals surface area contributed by atoms with E-state index in [4.69, 9.17) is 14.2 Å². The van der Waals surface area contributed by atoms with Crippen LogP contribution in [0.25, 0.3) is 0 Å². The molecular weight excluding hydrogens is 382 g/mol. The molecule has 2 heterocycles. The van der Waals surface area contributed by atoms with Gasteiger partial charge < -0.3 is 19.5 Å². The van der Waals surface area contributed by atoms with Crippen molar-refractivity contribution in [3.05, 3.63) is 77.7 Å². The predicted molar refractivity (Wildman–Crippen MR) is 113 cm³/mol. The molecule has 30 heavy (non-hydrogen) atoms. The second-order valence-electron chi connectivity index (χ2n) is 6.36. The van der Waals surface area contributed by atoms with Crippen LogP contribution in [0.2, 0.25) is 0 Å². The van der Waals surface area contributed by atoms with Crippen LogP contribution >= 0.6 is 0 Å². The van der Waals surface area contributed by atoms with Crippen molar-refractivity contribution in [3.63, 3.8) is 0 Å². The first-order chi connectivity index (χ1) is 14.7. The van der Waals surface area contributed by atoms with Crippen LogP contribution in [0.15, 0.2) is 61.1 Å². The van der Waals surface area contributed by atoms with Gasteiger partial charge in [-0.05, 0) is 61.4 Å². The van der Waals surface area contributed by atoms with Crippen molar-refractivity contribution in [1.82, 2.24) is 15.3 Å². The van der Waals surface area contributed by atoms with E-state index >= 15 is 0 Å². The Morgan fingerprint density at radius 1 is 0.867 bits per heavy atom. The highest BCUT2D eigenvalue weighted by Crippen LogP contribution is 2.29. The molecule has 3 rings (SSSR count). The van der Waals surface area contributed by atoms with Gasteiger partial charge in [-0.3, -0.25) is 9.78 Å². The largest absolute Gasteiger partial charge is 0.490 e. The topological polar surface area (TPSA) is 82.6 Å². The average Bonchev–Trinajstić information content (AvgIpc) is 2.78. The number of hydrogen-bond acceptors (Lipinski definition) is 6. The molecule has 0 bridgehead atoms. The van der Waals surface area contributed by atoms with E-state index in [0.29, 0.717) is 49.3 Å². The Labute approximate surface area is 176 Å². The SMILES string of the molecule is CCOc1cc(CNC(=O)c2ccc(OCc3ccncc3)c(OCC)c2)ccn1. The zero-order valence-electron chi connectivity index (χ0n) is 17.1. The maximum Gasteiger partial charge on any atom is 0.251 e. The monoisotopic (exact) mass is 407 g/mol. The van der Waals surface area contributed by atoms with Crippen LogP contribution in [0.3, 0.4) is 0 Å². The number of aromatic nitrogens is 2. The van der Waals surface area contributed by atoms with Gasteiger partial charge in [0, 0.05) is 36.8 Å². The summed E-state index contributed by atoms with van der Waals surface area (Å²) in [5.41, 5.74) is 2.40. The lowest BCUT2D eigenvalue weighted by molar-refractivity contribution is 0.0950. The standard InChI is InChI=1S/C23H25N3O4/c1-3-28-21-14-19(5-6-20(21)30-16-17-7-10-24-11-8-17)23(27)26-15-18-9-12-25-22(13-18)29-4-2/h5-14H,3-4,15-16H2,1-2H3,(H,26,27). The molecule has 0 aliphatic heterocycles. The number of hydrogen-bond donors (Lipinski definition) is 1. The van der Waals surface area contributed by atoms with E-state index in [2.05, 4.69) is 15.3 Å². The molecule has 0 atom stereocenters. The van der Waals surface area contributed by atoms with Crippen molar-refractivity contribution in [2.75, 3.05) is 13.2 Å². The van der Waals surface area contributed by atoms with E-state index in [1.54, 1.807) is 36.8 Å². The molecule has 0 saturated carbocycles. The smallest absolute Gasteiger partial charge is 0.251 e. The number of nitrogens with one attached hydrogen (secondary N) is 1. The van der Waals surface area contributed by atoms with Gasteiger partial charge in [-0.1, -0.05) is 0 Å².